The predicted molar refractivity (Wildman–Crippen MR) is 143 cm³/mol. The molecule has 4 rings (SSSR count). The Morgan fingerprint density at radius 2 is 1.73 bits per heavy atom. The predicted octanol–water partition coefficient (Wildman–Crippen LogP) is 4.80. The molecule has 6 atom stereocenters. The van der Waals surface area contributed by atoms with Crippen LogP contribution in [0.4, 0.5) is 10.5 Å². The lowest BCUT2D eigenvalue weighted by Crippen LogP contribution is -2.61. The highest BCUT2D eigenvalue weighted by Gasteiger charge is 2.60. The molecule has 0 radical (unpaired) electrons. The SMILES string of the molecule is Cc1ccc(NC(=O)O[C@H]2CC[C@@]3(C)[C@H](CC[C@@H](O)[C@H]3CC(=O)NCc3ccccc3)[C@]2(C)CO)cc1. The van der Waals surface area contributed by atoms with Gasteiger partial charge in [0.2, 0.25) is 5.91 Å². The van der Waals surface area contributed by atoms with Crippen molar-refractivity contribution < 1.29 is 24.5 Å². The Morgan fingerprint density at radius 3 is 2.41 bits per heavy atom. The minimum Gasteiger partial charge on any atom is -0.445 e. The molecular weight excluding hydrogens is 468 g/mol. The molecule has 2 aliphatic carbocycles. The number of fused-ring (bicyclic) bond motifs is 1. The zero-order valence-electron chi connectivity index (χ0n) is 22.1. The molecule has 7 heteroatoms. The number of nitrogens with one attached hydrogen (secondary N) is 2. The van der Waals surface area contributed by atoms with Gasteiger partial charge >= 0.3 is 6.09 Å². The molecule has 0 spiro atoms. The summed E-state index contributed by atoms with van der Waals surface area (Å²) < 4.78 is 5.90. The van der Waals surface area contributed by atoms with Crippen LogP contribution in [0.1, 0.15) is 57.1 Å². The van der Waals surface area contributed by atoms with Gasteiger partial charge in [-0.05, 0) is 67.6 Å². The van der Waals surface area contributed by atoms with Crippen LogP contribution in [0.25, 0.3) is 0 Å². The minimum atomic E-state index is -0.684. The number of aliphatic hydroxyl groups is 2. The van der Waals surface area contributed by atoms with Crippen LogP contribution in [-0.4, -0.2) is 41.0 Å². The molecule has 0 bridgehead atoms. The van der Waals surface area contributed by atoms with Crippen molar-refractivity contribution in [2.24, 2.45) is 22.7 Å². The standard InChI is InChI=1S/C30H40N2O5/c1-20-9-11-22(12-10-20)32-28(36)37-26-15-16-29(2)23(24(34)13-14-25(29)30(26,3)19-33)17-27(35)31-18-21-7-5-4-6-8-21/h4-12,23-26,33-34H,13-19H2,1-3H3,(H,31,35)(H,32,36)/t23-,24-,25+,26+,29-,30+/m1/s1. The third kappa shape index (κ3) is 5.83. The van der Waals surface area contributed by atoms with Crippen molar-refractivity contribution in [3.8, 4) is 0 Å². The van der Waals surface area contributed by atoms with Crippen molar-refractivity contribution in [3.05, 3.63) is 65.7 Å². The van der Waals surface area contributed by atoms with E-state index in [1.54, 1.807) is 0 Å². The van der Waals surface area contributed by atoms with Crippen molar-refractivity contribution in [2.75, 3.05) is 11.9 Å². The molecule has 4 N–H and O–H groups in total. The number of amides is 2. The molecule has 2 aliphatic rings. The second kappa shape index (κ2) is 11.2. The Hall–Kier alpha value is -2.90. The first kappa shape index (κ1) is 27.1. The maximum atomic E-state index is 12.9. The Balaban J connectivity index is 1.45. The highest BCUT2D eigenvalue weighted by Crippen LogP contribution is 2.61. The van der Waals surface area contributed by atoms with Gasteiger partial charge in [-0.1, -0.05) is 61.9 Å². The van der Waals surface area contributed by atoms with E-state index < -0.39 is 23.7 Å². The zero-order chi connectivity index (χ0) is 26.6. The van der Waals surface area contributed by atoms with Crippen LogP contribution in [-0.2, 0) is 16.1 Å². The summed E-state index contributed by atoms with van der Waals surface area (Å²) >= 11 is 0. The number of aliphatic hydroxyl groups excluding tert-OH is 2. The fourth-order valence-corrected chi connectivity index (χ4v) is 6.76. The molecule has 200 valence electrons. The number of anilines is 1. The fraction of sp³-hybridized carbons (Fsp3) is 0.533. The molecular formula is C30H40N2O5. The van der Waals surface area contributed by atoms with Crippen LogP contribution >= 0.6 is 0 Å². The lowest BCUT2D eigenvalue weighted by molar-refractivity contribution is -0.185. The van der Waals surface area contributed by atoms with E-state index in [-0.39, 0.29) is 36.2 Å². The highest BCUT2D eigenvalue weighted by atomic mass is 16.6. The second-order valence-corrected chi connectivity index (χ2v) is 11.4. The molecule has 2 aromatic carbocycles. The summed E-state index contributed by atoms with van der Waals surface area (Å²) in [5.41, 5.74) is 1.73. The van der Waals surface area contributed by atoms with Crippen LogP contribution in [0.2, 0.25) is 0 Å². The van der Waals surface area contributed by atoms with Gasteiger partial charge in [-0.15, -0.1) is 0 Å². The van der Waals surface area contributed by atoms with Crippen molar-refractivity contribution >= 4 is 17.7 Å². The van der Waals surface area contributed by atoms with Gasteiger partial charge in [0.25, 0.3) is 0 Å². The van der Waals surface area contributed by atoms with Crippen molar-refractivity contribution in [2.45, 2.75) is 71.6 Å². The smallest absolute Gasteiger partial charge is 0.411 e. The third-order valence-corrected chi connectivity index (χ3v) is 8.96. The Bertz CT molecular complexity index is 1080. The summed E-state index contributed by atoms with van der Waals surface area (Å²) in [5.74, 6) is -0.335. The summed E-state index contributed by atoms with van der Waals surface area (Å²) in [6, 6.07) is 17.3. The van der Waals surface area contributed by atoms with Crippen LogP contribution < -0.4 is 10.6 Å². The first-order valence-electron chi connectivity index (χ1n) is 13.3. The molecule has 0 saturated heterocycles. The van der Waals surface area contributed by atoms with Gasteiger partial charge in [-0.2, -0.15) is 0 Å². The summed E-state index contributed by atoms with van der Waals surface area (Å²) in [7, 11) is 0. The van der Waals surface area contributed by atoms with Crippen molar-refractivity contribution in [3.63, 3.8) is 0 Å². The second-order valence-electron chi connectivity index (χ2n) is 11.4. The van der Waals surface area contributed by atoms with E-state index in [1.165, 1.54) is 0 Å². The molecule has 0 unspecified atom stereocenters. The van der Waals surface area contributed by atoms with Crippen molar-refractivity contribution in [1.82, 2.24) is 5.32 Å². The van der Waals surface area contributed by atoms with Crippen LogP contribution in [0.5, 0.6) is 0 Å². The maximum Gasteiger partial charge on any atom is 0.411 e. The number of benzene rings is 2. The molecule has 2 fully saturated rings. The number of carbonyl (C=O) groups is 2. The van der Waals surface area contributed by atoms with Gasteiger partial charge in [-0.3, -0.25) is 10.1 Å². The third-order valence-electron chi connectivity index (χ3n) is 8.96. The quantitative estimate of drug-likeness (QED) is 0.430. The molecule has 2 aromatic rings. The summed E-state index contributed by atoms with van der Waals surface area (Å²) in [6.45, 7) is 6.39. The average Bonchev–Trinajstić information content (AvgIpc) is 2.89. The number of carbonyl (C=O) groups excluding carboxylic acids is 2. The van der Waals surface area contributed by atoms with E-state index in [4.69, 9.17) is 4.74 Å². The zero-order valence-corrected chi connectivity index (χ0v) is 22.1. The number of hydrogen-bond donors (Lipinski definition) is 4. The first-order chi connectivity index (χ1) is 17.7. The Kier molecular flexibility index (Phi) is 8.24. The topological polar surface area (TPSA) is 108 Å². The van der Waals surface area contributed by atoms with E-state index in [2.05, 4.69) is 17.6 Å². The van der Waals surface area contributed by atoms with Gasteiger partial charge < -0.3 is 20.3 Å². The highest BCUT2D eigenvalue weighted by molar-refractivity contribution is 5.84. The molecule has 0 aliphatic heterocycles. The number of rotatable bonds is 7. The lowest BCUT2D eigenvalue weighted by atomic mass is 9.46. The first-order valence-corrected chi connectivity index (χ1v) is 13.3. The summed E-state index contributed by atoms with van der Waals surface area (Å²) in [5, 5.41) is 27.4. The average molecular weight is 509 g/mol. The number of ether oxygens (including phenoxy) is 1. The van der Waals surface area contributed by atoms with Crippen molar-refractivity contribution in [1.29, 1.82) is 0 Å². The van der Waals surface area contributed by atoms with Gasteiger partial charge in [0.15, 0.2) is 0 Å². The molecule has 2 amide bonds. The van der Waals surface area contributed by atoms with Crippen LogP contribution in [0.15, 0.2) is 54.6 Å². The van der Waals surface area contributed by atoms with Crippen LogP contribution in [0, 0.1) is 29.6 Å². The summed E-state index contributed by atoms with van der Waals surface area (Å²) in [6.07, 6.45) is 1.14. The Morgan fingerprint density at radius 1 is 1.03 bits per heavy atom. The van der Waals surface area contributed by atoms with E-state index in [0.29, 0.717) is 37.9 Å². The van der Waals surface area contributed by atoms with Gasteiger partial charge in [0.1, 0.15) is 6.10 Å². The van der Waals surface area contributed by atoms with Crippen LogP contribution in [0.3, 0.4) is 0 Å². The van der Waals surface area contributed by atoms with Gasteiger partial charge in [0, 0.05) is 24.1 Å². The Labute approximate surface area is 219 Å². The maximum absolute atomic E-state index is 12.9. The van der Waals surface area contributed by atoms with E-state index in [9.17, 15) is 19.8 Å². The van der Waals surface area contributed by atoms with Gasteiger partial charge in [0.05, 0.1) is 12.7 Å². The monoisotopic (exact) mass is 508 g/mol. The van der Waals surface area contributed by atoms with E-state index in [0.717, 1.165) is 11.1 Å². The van der Waals surface area contributed by atoms with Gasteiger partial charge in [-0.25, -0.2) is 4.79 Å². The molecule has 37 heavy (non-hydrogen) atoms. The minimum absolute atomic E-state index is 0.00810. The lowest BCUT2D eigenvalue weighted by Gasteiger charge is -2.60. The molecule has 0 aromatic heterocycles. The number of aryl methyl sites for hydroxylation is 1. The molecule has 2 saturated carbocycles. The molecule has 7 nitrogen and oxygen atoms in total. The van der Waals surface area contributed by atoms with E-state index >= 15 is 0 Å². The summed E-state index contributed by atoms with van der Waals surface area (Å²) in [4.78, 5) is 25.7. The van der Waals surface area contributed by atoms with E-state index in [1.807, 2.05) is 68.4 Å². The number of hydrogen-bond acceptors (Lipinski definition) is 5. The fourth-order valence-electron chi connectivity index (χ4n) is 6.76. The largest absolute Gasteiger partial charge is 0.445 e. The molecule has 0 heterocycles. The normalized spacial score (nSPS) is 31.2.